The number of rotatable bonds is 12. The van der Waals surface area contributed by atoms with E-state index >= 15 is 0 Å². The molecule has 0 nitrogen and oxygen atoms in total. The van der Waals surface area contributed by atoms with E-state index in [2.05, 4.69) is 35.9 Å². The van der Waals surface area contributed by atoms with E-state index in [4.69, 9.17) is 0 Å². The maximum atomic E-state index is 3.46. The van der Waals surface area contributed by atoms with Crippen LogP contribution in [0.1, 0.15) is 90.9 Å². The zero-order valence-corrected chi connectivity index (χ0v) is 13.5. The van der Waals surface area contributed by atoms with E-state index in [1.54, 1.807) is 0 Å². The summed E-state index contributed by atoms with van der Waals surface area (Å²) in [7, 11) is 0. The lowest BCUT2D eigenvalue weighted by Gasteiger charge is -2.01. The fourth-order valence-corrected chi connectivity index (χ4v) is 2.34. The van der Waals surface area contributed by atoms with Gasteiger partial charge in [0.05, 0.1) is 0 Å². The van der Waals surface area contributed by atoms with Crippen molar-refractivity contribution < 1.29 is 0 Å². The van der Waals surface area contributed by atoms with Crippen molar-refractivity contribution in [3.05, 3.63) is 10.6 Å². The summed E-state index contributed by atoms with van der Waals surface area (Å²) < 4.78 is 1.28. The monoisotopic (exact) mass is 302 g/mol. The topological polar surface area (TPSA) is 0 Å². The van der Waals surface area contributed by atoms with Gasteiger partial charge in [-0.1, -0.05) is 93.1 Å². The molecule has 0 amide bonds. The molecule has 0 heterocycles. The van der Waals surface area contributed by atoms with Crippen LogP contribution in [-0.4, -0.2) is 0 Å². The molecule has 17 heavy (non-hydrogen) atoms. The van der Waals surface area contributed by atoms with E-state index in [9.17, 15) is 0 Å². The molecule has 0 rings (SSSR count). The Morgan fingerprint density at radius 3 is 1.59 bits per heavy atom. The summed E-state index contributed by atoms with van der Waals surface area (Å²) in [5.41, 5.74) is 0. The Morgan fingerprint density at radius 2 is 1.18 bits per heavy atom. The molecule has 0 unspecified atom stereocenters. The second-order valence-electron chi connectivity index (χ2n) is 5.12. The van der Waals surface area contributed by atoms with Crippen molar-refractivity contribution >= 4 is 15.9 Å². The van der Waals surface area contributed by atoms with Gasteiger partial charge in [-0.25, -0.2) is 0 Å². The van der Waals surface area contributed by atoms with E-state index in [1.165, 1.54) is 81.5 Å². The molecule has 0 aliphatic carbocycles. The lowest BCUT2D eigenvalue weighted by Crippen LogP contribution is -1.82. The molecular formula is C16H31Br. The van der Waals surface area contributed by atoms with Crippen molar-refractivity contribution in [2.45, 2.75) is 90.9 Å². The van der Waals surface area contributed by atoms with Gasteiger partial charge in [0.15, 0.2) is 0 Å². The van der Waals surface area contributed by atoms with Crippen LogP contribution in [0.15, 0.2) is 10.6 Å². The highest BCUT2D eigenvalue weighted by atomic mass is 79.9. The predicted octanol–water partition coefficient (Wildman–Crippen LogP) is 6.99. The molecule has 0 saturated carbocycles. The minimum atomic E-state index is 1.24. The van der Waals surface area contributed by atoms with Crippen LogP contribution >= 0.6 is 15.9 Å². The molecule has 0 aliphatic heterocycles. The summed E-state index contributed by atoms with van der Waals surface area (Å²) in [5.74, 6) is 0. The van der Waals surface area contributed by atoms with Crippen LogP contribution in [0.5, 0.6) is 0 Å². The average Bonchev–Trinajstić information content (AvgIpc) is 2.30. The smallest absolute Gasteiger partial charge is 0.0120 e. The third-order valence-electron chi connectivity index (χ3n) is 3.23. The highest BCUT2D eigenvalue weighted by Gasteiger charge is 1.92. The quantitative estimate of drug-likeness (QED) is 0.341. The first-order chi connectivity index (χ1) is 8.27. The summed E-state index contributed by atoms with van der Waals surface area (Å²) in [6.45, 7) is 4.39. The lowest BCUT2D eigenvalue weighted by molar-refractivity contribution is 0.550. The summed E-state index contributed by atoms with van der Waals surface area (Å²) in [6.07, 6.45) is 19.3. The molecule has 0 aromatic carbocycles. The number of hydrogen-bond acceptors (Lipinski definition) is 0. The first-order valence-corrected chi connectivity index (χ1v) is 8.39. The first kappa shape index (κ1) is 17.2. The molecule has 0 atom stereocenters. The van der Waals surface area contributed by atoms with Gasteiger partial charge in [0.2, 0.25) is 0 Å². The molecule has 0 aromatic heterocycles. The Labute approximate surface area is 117 Å². The maximum absolute atomic E-state index is 3.46. The third-order valence-corrected chi connectivity index (χ3v) is 3.56. The Balaban J connectivity index is 2.96. The molecule has 0 spiro atoms. The van der Waals surface area contributed by atoms with E-state index in [1.807, 2.05) is 0 Å². The molecular weight excluding hydrogens is 272 g/mol. The molecule has 102 valence electrons. The van der Waals surface area contributed by atoms with Gasteiger partial charge in [-0.2, -0.15) is 0 Å². The first-order valence-electron chi connectivity index (χ1n) is 7.59. The molecule has 0 N–H and O–H groups in total. The Kier molecular flexibility index (Phi) is 14.5. The minimum absolute atomic E-state index is 1.24. The molecule has 0 aromatic rings. The zero-order valence-electron chi connectivity index (χ0n) is 11.9. The van der Waals surface area contributed by atoms with Crippen LogP contribution in [0, 0.1) is 0 Å². The molecule has 0 saturated heterocycles. The minimum Gasteiger partial charge on any atom is -0.0747 e. The number of unbranched alkanes of at least 4 members (excludes halogenated alkanes) is 11. The van der Waals surface area contributed by atoms with Crippen LogP contribution in [0.2, 0.25) is 0 Å². The van der Waals surface area contributed by atoms with Gasteiger partial charge >= 0.3 is 0 Å². The number of allylic oxidation sites excluding steroid dienone is 2. The highest BCUT2D eigenvalue weighted by Crippen LogP contribution is 2.13. The largest absolute Gasteiger partial charge is 0.0747 e. The Hall–Kier alpha value is 0.220. The van der Waals surface area contributed by atoms with E-state index in [-0.39, 0.29) is 0 Å². The van der Waals surface area contributed by atoms with Crippen LogP contribution in [0.25, 0.3) is 0 Å². The van der Waals surface area contributed by atoms with Gasteiger partial charge in [0, 0.05) is 0 Å². The summed E-state index contributed by atoms with van der Waals surface area (Å²) >= 11 is 3.46. The molecule has 0 aliphatic rings. The molecule has 0 bridgehead atoms. The Bertz CT molecular complexity index is 168. The predicted molar refractivity (Wildman–Crippen MR) is 83.8 cm³/mol. The molecule has 1 heteroatoms. The average molecular weight is 303 g/mol. The third kappa shape index (κ3) is 16.2. The lowest BCUT2D eigenvalue weighted by atomic mass is 10.1. The van der Waals surface area contributed by atoms with Crippen molar-refractivity contribution in [3.8, 4) is 0 Å². The van der Waals surface area contributed by atoms with Crippen LogP contribution < -0.4 is 0 Å². The van der Waals surface area contributed by atoms with E-state index in [0.717, 1.165) is 0 Å². The van der Waals surface area contributed by atoms with Crippen molar-refractivity contribution in [1.82, 2.24) is 0 Å². The fraction of sp³-hybridized carbons (Fsp3) is 0.875. The normalized spacial score (nSPS) is 12.1. The highest BCUT2D eigenvalue weighted by molar-refractivity contribution is 9.11. The summed E-state index contributed by atoms with van der Waals surface area (Å²) in [6, 6.07) is 0. The molecule has 0 fully saturated rings. The van der Waals surface area contributed by atoms with Crippen molar-refractivity contribution in [1.29, 1.82) is 0 Å². The van der Waals surface area contributed by atoms with Gasteiger partial charge in [0.25, 0.3) is 0 Å². The van der Waals surface area contributed by atoms with Crippen molar-refractivity contribution in [2.24, 2.45) is 0 Å². The van der Waals surface area contributed by atoms with E-state index < -0.39 is 0 Å². The maximum Gasteiger partial charge on any atom is -0.0120 e. The van der Waals surface area contributed by atoms with Gasteiger partial charge < -0.3 is 0 Å². The fourth-order valence-electron chi connectivity index (χ4n) is 2.11. The van der Waals surface area contributed by atoms with Crippen LogP contribution in [-0.2, 0) is 0 Å². The van der Waals surface area contributed by atoms with Crippen LogP contribution in [0.3, 0.4) is 0 Å². The SMILES string of the molecule is CCCCCCCCCCCCC/C=C(\C)Br. The van der Waals surface area contributed by atoms with Crippen molar-refractivity contribution in [2.75, 3.05) is 0 Å². The second kappa shape index (κ2) is 14.3. The second-order valence-corrected chi connectivity index (χ2v) is 6.37. The van der Waals surface area contributed by atoms with Gasteiger partial charge in [-0.3, -0.25) is 0 Å². The van der Waals surface area contributed by atoms with Gasteiger partial charge in [0.1, 0.15) is 0 Å². The van der Waals surface area contributed by atoms with Gasteiger partial charge in [-0.05, 0) is 24.2 Å². The number of halogens is 1. The van der Waals surface area contributed by atoms with Crippen molar-refractivity contribution in [3.63, 3.8) is 0 Å². The molecule has 0 radical (unpaired) electrons. The van der Waals surface area contributed by atoms with Gasteiger partial charge in [-0.15, -0.1) is 0 Å². The Morgan fingerprint density at radius 1 is 0.765 bits per heavy atom. The standard InChI is InChI=1S/C16H31Br/c1-3-4-5-6-7-8-9-10-11-12-13-14-15-16(2)17/h15H,3-14H2,1-2H3/b16-15+. The van der Waals surface area contributed by atoms with Crippen LogP contribution in [0.4, 0.5) is 0 Å². The summed E-state index contributed by atoms with van der Waals surface area (Å²) in [4.78, 5) is 0. The summed E-state index contributed by atoms with van der Waals surface area (Å²) in [5, 5.41) is 0. The number of hydrogen-bond donors (Lipinski definition) is 0. The zero-order chi connectivity index (χ0) is 12.8. The van der Waals surface area contributed by atoms with E-state index in [0.29, 0.717) is 0 Å².